The van der Waals surface area contributed by atoms with Gasteiger partial charge in [-0.3, -0.25) is 0 Å². The quantitative estimate of drug-likeness (QED) is 0.683. The van der Waals surface area contributed by atoms with Crippen molar-refractivity contribution < 1.29 is 9.50 Å². The highest BCUT2D eigenvalue weighted by Gasteiger charge is 2.11. The first-order chi connectivity index (χ1) is 5.77. The molecule has 1 atom stereocenters. The summed E-state index contributed by atoms with van der Waals surface area (Å²) in [4.78, 5) is 7.10. The normalized spacial score (nSPS) is 12.1. The number of aliphatic hydroxyl groups excluding tert-OH is 1. The monoisotopic (exact) mass is 167 g/mol. The van der Waals surface area contributed by atoms with E-state index < -0.39 is 11.7 Å². The van der Waals surface area contributed by atoms with Gasteiger partial charge in [0.2, 0.25) is 0 Å². The topological polar surface area (TPSA) is 69.8 Å². The molecule has 12 heavy (non-hydrogen) atoms. The number of hydrogen-bond acceptors (Lipinski definition) is 4. The van der Waals surface area contributed by atoms with Gasteiger partial charge in [-0.2, -0.15) is 5.26 Å². The second kappa shape index (κ2) is 3.74. The molecule has 5 heteroatoms. The van der Waals surface area contributed by atoms with Gasteiger partial charge < -0.3 is 5.11 Å². The number of aromatic nitrogens is 2. The van der Waals surface area contributed by atoms with Gasteiger partial charge in [-0.15, -0.1) is 0 Å². The molecular weight excluding hydrogens is 161 g/mol. The third-order valence-corrected chi connectivity index (χ3v) is 1.29. The van der Waals surface area contributed by atoms with Gasteiger partial charge in [-0.25, -0.2) is 14.4 Å². The van der Waals surface area contributed by atoms with Crippen LogP contribution in [0.4, 0.5) is 4.39 Å². The second-order valence-corrected chi connectivity index (χ2v) is 2.12. The minimum Gasteiger partial charge on any atom is -0.395 e. The number of hydrogen-bond donors (Lipinski definition) is 1. The molecule has 0 aliphatic heterocycles. The Morgan fingerprint density at radius 2 is 2.17 bits per heavy atom. The minimum absolute atomic E-state index is 0.140. The van der Waals surface area contributed by atoms with E-state index in [2.05, 4.69) is 9.97 Å². The van der Waals surface area contributed by atoms with Crippen molar-refractivity contribution >= 4 is 0 Å². The molecule has 0 bridgehead atoms. The number of aliphatic hydroxyl groups is 1. The Labute approximate surface area is 68.3 Å². The smallest absolute Gasteiger partial charge is 0.159 e. The van der Waals surface area contributed by atoms with E-state index in [9.17, 15) is 4.39 Å². The van der Waals surface area contributed by atoms with Crippen LogP contribution in [0.5, 0.6) is 0 Å². The summed E-state index contributed by atoms with van der Waals surface area (Å²) in [5, 5.41) is 17.1. The first-order valence-electron chi connectivity index (χ1n) is 3.26. The fourth-order valence-corrected chi connectivity index (χ4v) is 0.682. The van der Waals surface area contributed by atoms with Gasteiger partial charge in [-0.05, 0) is 0 Å². The standard InChI is InChI=1S/C7H6FN3O/c8-6-2-10-7(11-3-6)5(1-9)4-12/h2-3,5,12H,4H2. The molecule has 0 fully saturated rings. The van der Waals surface area contributed by atoms with Gasteiger partial charge in [-0.1, -0.05) is 0 Å². The molecule has 1 N–H and O–H groups in total. The number of nitriles is 1. The average Bonchev–Trinajstić information content (AvgIpc) is 2.10. The van der Waals surface area contributed by atoms with Crippen molar-refractivity contribution in [1.82, 2.24) is 9.97 Å². The number of nitrogens with zero attached hydrogens (tertiary/aromatic N) is 3. The van der Waals surface area contributed by atoms with E-state index in [-0.39, 0.29) is 12.4 Å². The van der Waals surface area contributed by atoms with E-state index in [1.807, 2.05) is 0 Å². The Morgan fingerprint density at radius 1 is 1.58 bits per heavy atom. The highest BCUT2D eigenvalue weighted by Crippen LogP contribution is 2.07. The maximum Gasteiger partial charge on any atom is 0.159 e. The van der Waals surface area contributed by atoms with Crippen molar-refractivity contribution in [2.45, 2.75) is 5.92 Å². The Bertz CT molecular complexity index is 293. The van der Waals surface area contributed by atoms with E-state index in [1.54, 1.807) is 6.07 Å². The second-order valence-electron chi connectivity index (χ2n) is 2.12. The lowest BCUT2D eigenvalue weighted by Crippen LogP contribution is -2.06. The Balaban J connectivity index is 2.89. The fraction of sp³-hybridized carbons (Fsp3) is 0.286. The SMILES string of the molecule is N#CC(CO)c1ncc(F)cn1. The van der Waals surface area contributed by atoms with Gasteiger partial charge >= 0.3 is 0 Å². The molecule has 0 saturated carbocycles. The maximum atomic E-state index is 12.3. The number of halogens is 1. The zero-order chi connectivity index (χ0) is 8.97. The third kappa shape index (κ3) is 1.74. The third-order valence-electron chi connectivity index (χ3n) is 1.29. The zero-order valence-corrected chi connectivity index (χ0v) is 6.11. The summed E-state index contributed by atoms with van der Waals surface area (Å²) in [6, 6.07) is 1.79. The molecular formula is C7H6FN3O. The average molecular weight is 167 g/mol. The van der Waals surface area contributed by atoms with Crippen LogP contribution in [0.3, 0.4) is 0 Å². The van der Waals surface area contributed by atoms with Crippen LogP contribution in [-0.2, 0) is 0 Å². The van der Waals surface area contributed by atoms with Gasteiger partial charge in [0.05, 0.1) is 25.1 Å². The molecule has 1 heterocycles. The maximum absolute atomic E-state index is 12.3. The van der Waals surface area contributed by atoms with E-state index >= 15 is 0 Å². The van der Waals surface area contributed by atoms with Crippen molar-refractivity contribution in [3.63, 3.8) is 0 Å². The van der Waals surface area contributed by atoms with Gasteiger partial charge in [0.1, 0.15) is 11.7 Å². The lowest BCUT2D eigenvalue weighted by atomic mass is 10.2. The summed E-state index contributed by atoms with van der Waals surface area (Å²) in [5.41, 5.74) is 0. The van der Waals surface area contributed by atoms with E-state index in [4.69, 9.17) is 10.4 Å². The summed E-state index contributed by atoms with van der Waals surface area (Å²) < 4.78 is 12.3. The van der Waals surface area contributed by atoms with E-state index in [0.29, 0.717) is 0 Å². The predicted molar refractivity (Wildman–Crippen MR) is 37.4 cm³/mol. The molecule has 0 radical (unpaired) electrons. The van der Waals surface area contributed by atoms with Crippen LogP contribution in [0.25, 0.3) is 0 Å². The molecule has 62 valence electrons. The minimum atomic E-state index is -0.773. The van der Waals surface area contributed by atoms with Crippen LogP contribution in [0.2, 0.25) is 0 Å². The zero-order valence-electron chi connectivity index (χ0n) is 6.11. The van der Waals surface area contributed by atoms with E-state index in [0.717, 1.165) is 12.4 Å². The summed E-state index contributed by atoms with van der Waals surface area (Å²) in [7, 11) is 0. The first-order valence-corrected chi connectivity index (χ1v) is 3.26. The van der Waals surface area contributed by atoms with Gasteiger partial charge in [0.15, 0.2) is 5.82 Å². The summed E-state index contributed by atoms with van der Waals surface area (Å²) in [5.74, 6) is -1.19. The van der Waals surface area contributed by atoms with Crippen molar-refractivity contribution in [2.75, 3.05) is 6.61 Å². The predicted octanol–water partition coefficient (Wildman–Crippen LogP) is 0.215. The van der Waals surface area contributed by atoms with Gasteiger partial charge in [0, 0.05) is 0 Å². The van der Waals surface area contributed by atoms with E-state index in [1.165, 1.54) is 0 Å². The van der Waals surface area contributed by atoms with Crippen molar-refractivity contribution in [1.29, 1.82) is 5.26 Å². The van der Waals surface area contributed by atoms with Crippen molar-refractivity contribution in [3.8, 4) is 6.07 Å². The molecule has 0 aromatic carbocycles. The summed E-state index contributed by atoms with van der Waals surface area (Å²) in [6.07, 6.45) is 1.92. The van der Waals surface area contributed by atoms with Crippen molar-refractivity contribution in [2.24, 2.45) is 0 Å². The molecule has 1 aromatic heterocycles. The highest BCUT2D eigenvalue weighted by atomic mass is 19.1. The molecule has 0 amide bonds. The fourth-order valence-electron chi connectivity index (χ4n) is 0.682. The molecule has 1 rings (SSSR count). The van der Waals surface area contributed by atoms with Crippen LogP contribution < -0.4 is 0 Å². The first kappa shape index (κ1) is 8.56. The molecule has 0 saturated heterocycles. The summed E-state index contributed by atoms with van der Waals surface area (Å²) in [6.45, 7) is -0.359. The summed E-state index contributed by atoms with van der Waals surface area (Å²) >= 11 is 0. The Morgan fingerprint density at radius 3 is 2.58 bits per heavy atom. The lowest BCUT2D eigenvalue weighted by molar-refractivity contribution is 0.282. The van der Waals surface area contributed by atoms with Crippen LogP contribution in [0.1, 0.15) is 11.7 Å². The number of rotatable bonds is 2. The molecule has 1 aromatic rings. The molecule has 1 unspecified atom stereocenters. The van der Waals surface area contributed by atoms with Crippen LogP contribution in [-0.4, -0.2) is 21.7 Å². The molecule has 0 aliphatic rings. The Hall–Kier alpha value is -1.54. The highest BCUT2D eigenvalue weighted by molar-refractivity contribution is 5.07. The van der Waals surface area contributed by atoms with Crippen molar-refractivity contribution in [3.05, 3.63) is 24.0 Å². The van der Waals surface area contributed by atoms with Crippen LogP contribution in [0.15, 0.2) is 12.4 Å². The van der Waals surface area contributed by atoms with Gasteiger partial charge in [0.25, 0.3) is 0 Å². The van der Waals surface area contributed by atoms with Crippen LogP contribution in [0, 0.1) is 17.1 Å². The largest absolute Gasteiger partial charge is 0.395 e. The molecule has 0 spiro atoms. The lowest BCUT2D eigenvalue weighted by Gasteiger charge is -2.01. The van der Waals surface area contributed by atoms with Crippen LogP contribution >= 0.6 is 0 Å². The Kier molecular flexibility index (Phi) is 2.66. The molecule has 4 nitrogen and oxygen atoms in total. The molecule has 0 aliphatic carbocycles.